The van der Waals surface area contributed by atoms with Gasteiger partial charge in [-0.25, -0.2) is 13.3 Å². The van der Waals surface area contributed by atoms with Crippen LogP contribution in [0.2, 0.25) is 10.0 Å². The summed E-state index contributed by atoms with van der Waals surface area (Å²) in [5.41, 5.74) is 1.32. The molecule has 1 amide bonds. The summed E-state index contributed by atoms with van der Waals surface area (Å²) in [4.78, 5) is 18.8. The summed E-state index contributed by atoms with van der Waals surface area (Å²) < 4.78 is 42.2. The first-order chi connectivity index (χ1) is 16.2. The third-order valence-electron chi connectivity index (χ3n) is 6.44. The summed E-state index contributed by atoms with van der Waals surface area (Å²) in [7, 11) is 0. The monoisotopic (exact) mass is 529 g/mol. The van der Waals surface area contributed by atoms with Crippen LogP contribution < -0.4 is 9.46 Å². The van der Waals surface area contributed by atoms with Crippen LogP contribution in [-0.4, -0.2) is 44.2 Å². The molecule has 1 aliphatic heterocycles. The second kappa shape index (κ2) is 10.9. The molecule has 1 aliphatic carbocycles. The first-order valence-corrected chi connectivity index (χ1v) is 13.0. The van der Waals surface area contributed by atoms with Crippen molar-refractivity contribution < 1.29 is 22.7 Å². The summed E-state index contributed by atoms with van der Waals surface area (Å²) in [6, 6.07) is 4.43. The van der Waals surface area contributed by atoms with Crippen molar-refractivity contribution in [1.29, 1.82) is 0 Å². The summed E-state index contributed by atoms with van der Waals surface area (Å²) >= 11 is 9.73. The lowest BCUT2D eigenvalue weighted by Gasteiger charge is -2.36. The van der Waals surface area contributed by atoms with Crippen molar-refractivity contribution >= 4 is 40.4 Å². The van der Waals surface area contributed by atoms with Crippen LogP contribution in [0, 0.1) is 11.7 Å². The van der Waals surface area contributed by atoms with Gasteiger partial charge in [-0.1, -0.05) is 23.2 Å². The topological polar surface area (TPSA) is 91.8 Å². The number of ether oxygens (including phenoxy) is 1. The van der Waals surface area contributed by atoms with Gasteiger partial charge in [-0.3, -0.25) is 19.2 Å². The van der Waals surface area contributed by atoms with Crippen LogP contribution in [0.25, 0.3) is 0 Å². The SMILES string of the molecule is CC(c1ncc(Cl)cc1Cl)N1CCC(COc2cc(F)c(C(=O)NS(=O)O)cc2C2CC2)CC1. The van der Waals surface area contributed by atoms with Crippen molar-refractivity contribution in [2.75, 3.05) is 19.7 Å². The normalized spacial score (nSPS) is 19.0. The van der Waals surface area contributed by atoms with Crippen molar-refractivity contribution in [3.63, 3.8) is 0 Å². The molecule has 34 heavy (non-hydrogen) atoms. The summed E-state index contributed by atoms with van der Waals surface area (Å²) in [5.74, 6) is -0.746. The molecule has 1 saturated carbocycles. The van der Waals surface area contributed by atoms with Gasteiger partial charge in [0, 0.05) is 12.3 Å². The van der Waals surface area contributed by atoms with Crippen molar-refractivity contribution in [3.8, 4) is 5.75 Å². The number of amides is 1. The van der Waals surface area contributed by atoms with Gasteiger partial charge in [-0.2, -0.15) is 0 Å². The van der Waals surface area contributed by atoms with Gasteiger partial charge in [0.2, 0.25) is 0 Å². The molecule has 7 nitrogen and oxygen atoms in total. The van der Waals surface area contributed by atoms with E-state index < -0.39 is 23.0 Å². The summed E-state index contributed by atoms with van der Waals surface area (Å²) in [5, 5.41) is 1.07. The zero-order valence-corrected chi connectivity index (χ0v) is 20.9. The molecule has 2 aliphatic rings. The number of piperidine rings is 1. The second-order valence-corrected chi connectivity index (χ2v) is 10.4. The number of pyridine rings is 1. The fraction of sp³-hybridized carbons (Fsp3) is 0.478. The Morgan fingerprint density at radius 3 is 2.62 bits per heavy atom. The quantitative estimate of drug-likeness (QED) is 0.461. The Balaban J connectivity index is 1.36. The number of likely N-dealkylation sites (tertiary alicyclic amines) is 1. The van der Waals surface area contributed by atoms with Crippen LogP contribution in [0.1, 0.15) is 66.2 Å². The molecule has 184 valence electrons. The Hall–Kier alpha value is -1.78. The zero-order chi connectivity index (χ0) is 24.4. The molecule has 1 saturated heterocycles. The molecule has 2 unspecified atom stereocenters. The number of rotatable bonds is 8. The highest BCUT2D eigenvalue weighted by molar-refractivity contribution is 7.77. The van der Waals surface area contributed by atoms with Crippen LogP contribution in [0.15, 0.2) is 24.4 Å². The maximum absolute atomic E-state index is 14.6. The molecular formula is C23H26Cl2FN3O4S. The summed E-state index contributed by atoms with van der Waals surface area (Å²) in [6.07, 6.45) is 5.31. The maximum atomic E-state index is 14.6. The third-order valence-corrected chi connectivity index (χ3v) is 7.31. The van der Waals surface area contributed by atoms with E-state index >= 15 is 0 Å². The predicted molar refractivity (Wildman–Crippen MR) is 129 cm³/mol. The first-order valence-electron chi connectivity index (χ1n) is 11.2. The van der Waals surface area contributed by atoms with E-state index in [1.165, 1.54) is 12.1 Å². The van der Waals surface area contributed by atoms with Crippen molar-refractivity contribution in [2.24, 2.45) is 5.92 Å². The molecule has 1 aromatic heterocycles. The van der Waals surface area contributed by atoms with Gasteiger partial charge in [0.1, 0.15) is 11.6 Å². The van der Waals surface area contributed by atoms with E-state index in [1.54, 1.807) is 17.0 Å². The van der Waals surface area contributed by atoms with Crippen LogP contribution in [0.4, 0.5) is 4.39 Å². The van der Waals surface area contributed by atoms with Crippen LogP contribution in [-0.2, 0) is 11.3 Å². The standard InChI is InChI=1S/C23H26Cl2FN3O4S/c1-13(22-19(25)8-16(24)11-27-22)29-6-4-14(5-7-29)12-33-21-10-20(26)18(23(30)28-34(31)32)9-17(21)15-2-3-15/h8-11,13-15H,2-7,12H2,1H3,(H,28,30)(H,31,32). The van der Waals surface area contributed by atoms with Crippen LogP contribution in [0.3, 0.4) is 0 Å². The number of hydrogen-bond acceptors (Lipinski definition) is 5. The molecule has 11 heteroatoms. The predicted octanol–water partition coefficient (Wildman–Crippen LogP) is 5.12. The van der Waals surface area contributed by atoms with Crippen molar-refractivity contribution in [3.05, 3.63) is 57.1 Å². The van der Waals surface area contributed by atoms with Gasteiger partial charge in [-0.15, -0.1) is 0 Å². The smallest absolute Gasteiger partial charge is 0.267 e. The lowest BCUT2D eigenvalue weighted by atomic mass is 9.96. The Morgan fingerprint density at radius 2 is 2.00 bits per heavy atom. The molecule has 2 aromatic rings. The fourth-order valence-corrected chi connectivity index (χ4v) is 5.14. The maximum Gasteiger partial charge on any atom is 0.267 e. The number of hydrogen-bond donors (Lipinski definition) is 2. The van der Waals surface area contributed by atoms with Gasteiger partial charge in [-0.05, 0) is 75.2 Å². The Bertz CT molecular complexity index is 1090. The highest BCUT2D eigenvalue weighted by Crippen LogP contribution is 2.45. The number of carbonyl (C=O) groups excluding carboxylic acids is 1. The number of nitrogens with zero attached hydrogens (tertiary/aromatic N) is 2. The highest BCUT2D eigenvalue weighted by Gasteiger charge is 2.31. The first kappa shape index (κ1) is 25.3. The van der Waals surface area contributed by atoms with Gasteiger partial charge in [0.15, 0.2) is 0 Å². The molecule has 0 radical (unpaired) electrons. The van der Waals surface area contributed by atoms with E-state index in [0.29, 0.717) is 28.3 Å². The second-order valence-electron chi connectivity index (χ2n) is 8.81. The average molecular weight is 530 g/mol. The third kappa shape index (κ3) is 6.07. The fourth-order valence-electron chi connectivity index (χ4n) is 4.34. The molecule has 2 heterocycles. The Labute approximate surface area is 210 Å². The van der Waals surface area contributed by atoms with Gasteiger partial charge in [0.25, 0.3) is 17.2 Å². The van der Waals surface area contributed by atoms with E-state index in [1.807, 2.05) is 0 Å². The van der Waals surface area contributed by atoms with Crippen molar-refractivity contribution in [1.82, 2.24) is 14.6 Å². The van der Waals surface area contributed by atoms with E-state index in [4.69, 9.17) is 32.5 Å². The lowest BCUT2D eigenvalue weighted by molar-refractivity contribution is 0.0976. The van der Waals surface area contributed by atoms with Gasteiger partial charge in [0.05, 0.1) is 34.0 Å². The van der Waals surface area contributed by atoms with E-state index in [0.717, 1.165) is 50.0 Å². The summed E-state index contributed by atoms with van der Waals surface area (Å²) in [6.45, 7) is 4.25. The largest absolute Gasteiger partial charge is 0.493 e. The number of benzene rings is 1. The minimum atomic E-state index is -2.56. The minimum absolute atomic E-state index is 0.0640. The molecule has 2 atom stereocenters. The number of nitrogens with one attached hydrogen (secondary N) is 1. The average Bonchev–Trinajstić information content (AvgIpc) is 3.62. The molecule has 0 bridgehead atoms. The van der Waals surface area contributed by atoms with Gasteiger partial charge >= 0.3 is 0 Å². The molecular weight excluding hydrogens is 504 g/mol. The van der Waals surface area contributed by atoms with E-state index in [9.17, 15) is 13.4 Å². The minimum Gasteiger partial charge on any atom is -0.493 e. The van der Waals surface area contributed by atoms with E-state index in [-0.39, 0.29) is 17.5 Å². The lowest BCUT2D eigenvalue weighted by Crippen LogP contribution is -2.37. The molecule has 2 N–H and O–H groups in total. The number of carbonyl (C=O) groups is 1. The number of aromatic nitrogens is 1. The van der Waals surface area contributed by atoms with Crippen LogP contribution >= 0.6 is 23.2 Å². The van der Waals surface area contributed by atoms with Gasteiger partial charge < -0.3 is 4.74 Å². The zero-order valence-electron chi connectivity index (χ0n) is 18.6. The molecule has 1 aromatic carbocycles. The molecule has 0 spiro atoms. The Kier molecular flexibility index (Phi) is 8.09. The molecule has 2 fully saturated rings. The van der Waals surface area contributed by atoms with E-state index in [2.05, 4.69) is 16.8 Å². The van der Waals surface area contributed by atoms with Crippen molar-refractivity contribution in [2.45, 2.75) is 44.6 Å². The van der Waals surface area contributed by atoms with Crippen LogP contribution in [0.5, 0.6) is 5.75 Å². The Morgan fingerprint density at radius 1 is 1.29 bits per heavy atom. The number of halogens is 3. The molecule has 4 rings (SSSR count). The highest BCUT2D eigenvalue weighted by atomic mass is 35.5.